The van der Waals surface area contributed by atoms with E-state index in [2.05, 4.69) is 26.7 Å². The van der Waals surface area contributed by atoms with E-state index < -0.39 is 23.8 Å². The second-order valence-corrected chi connectivity index (χ2v) is 8.23. The Balaban J connectivity index is 1.34. The average Bonchev–Trinajstić information content (AvgIpc) is 2.84. The maximum absolute atomic E-state index is 12.8. The summed E-state index contributed by atoms with van der Waals surface area (Å²) in [6.45, 7) is 1.34. The minimum absolute atomic E-state index is 0.325. The SMILES string of the molecule is O=C(O)CC(Nc1ccc(OCCc2ccc3c(n2)NCCC3)cn1)c1ccc(C(F)(F)F)cc1. The van der Waals surface area contributed by atoms with E-state index in [1.807, 2.05) is 6.07 Å². The molecule has 10 heteroatoms. The highest BCUT2D eigenvalue weighted by Crippen LogP contribution is 2.31. The van der Waals surface area contributed by atoms with Crippen LogP contribution in [0.3, 0.4) is 0 Å². The van der Waals surface area contributed by atoms with Crippen molar-refractivity contribution in [2.45, 2.75) is 37.9 Å². The topological polar surface area (TPSA) is 96.4 Å². The number of aromatic nitrogens is 2. The Labute approximate surface area is 200 Å². The lowest BCUT2D eigenvalue weighted by Gasteiger charge is -2.19. The Morgan fingerprint density at radius 1 is 1.14 bits per heavy atom. The molecule has 0 saturated heterocycles. The molecule has 3 heterocycles. The normalized spacial score (nSPS) is 13.9. The van der Waals surface area contributed by atoms with Crippen LogP contribution in [0.25, 0.3) is 0 Å². The monoisotopic (exact) mass is 486 g/mol. The quantitative estimate of drug-likeness (QED) is 0.387. The van der Waals surface area contributed by atoms with Crippen LogP contribution >= 0.6 is 0 Å². The van der Waals surface area contributed by atoms with Gasteiger partial charge in [-0.3, -0.25) is 4.79 Å². The maximum atomic E-state index is 12.8. The number of fused-ring (bicyclic) bond motifs is 1. The minimum atomic E-state index is -4.46. The lowest BCUT2D eigenvalue weighted by molar-refractivity contribution is -0.138. The smallest absolute Gasteiger partial charge is 0.416 e. The molecule has 0 bridgehead atoms. The number of aryl methyl sites for hydroxylation is 1. The number of carboxylic acid groups (broad SMARTS) is 1. The lowest BCUT2D eigenvalue weighted by atomic mass is 10.0. The molecule has 3 aromatic rings. The number of rotatable bonds is 9. The summed E-state index contributed by atoms with van der Waals surface area (Å²) in [7, 11) is 0. The summed E-state index contributed by atoms with van der Waals surface area (Å²) in [6.07, 6.45) is -0.508. The van der Waals surface area contributed by atoms with Gasteiger partial charge in [0.25, 0.3) is 0 Å². The average molecular weight is 486 g/mol. The molecule has 3 N–H and O–H groups in total. The highest BCUT2D eigenvalue weighted by atomic mass is 19.4. The Morgan fingerprint density at radius 2 is 1.94 bits per heavy atom. The summed E-state index contributed by atoms with van der Waals surface area (Å²) in [5.74, 6) is 0.769. The highest BCUT2D eigenvalue weighted by molar-refractivity contribution is 5.68. The maximum Gasteiger partial charge on any atom is 0.416 e. The van der Waals surface area contributed by atoms with Gasteiger partial charge in [0.1, 0.15) is 17.4 Å². The summed E-state index contributed by atoms with van der Waals surface area (Å²) in [5, 5.41) is 15.5. The third-order valence-electron chi connectivity index (χ3n) is 5.66. The first kappa shape index (κ1) is 24.3. The number of carbonyl (C=O) groups is 1. The fourth-order valence-corrected chi connectivity index (χ4v) is 3.84. The predicted molar refractivity (Wildman–Crippen MR) is 125 cm³/mol. The van der Waals surface area contributed by atoms with Gasteiger partial charge < -0.3 is 20.5 Å². The van der Waals surface area contributed by atoms with Gasteiger partial charge >= 0.3 is 12.1 Å². The van der Waals surface area contributed by atoms with Crippen LogP contribution in [-0.4, -0.2) is 34.2 Å². The van der Waals surface area contributed by atoms with Gasteiger partial charge in [-0.15, -0.1) is 0 Å². The molecular weight excluding hydrogens is 461 g/mol. The molecule has 0 amide bonds. The van der Waals surface area contributed by atoms with Gasteiger partial charge in [-0.2, -0.15) is 13.2 Å². The van der Waals surface area contributed by atoms with Crippen molar-refractivity contribution in [1.29, 1.82) is 0 Å². The second-order valence-electron chi connectivity index (χ2n) is 8.23. The zero-order valence-corrected chi connectivity index (χ0v) is 18.8. The third kappa shape index (κ3) is 6.62. The Hall–Kier alpha value is -3.82. The van der Waals surface area contributed by atoms with Gasteiger partial charge in [0.2, 0.25) is 0 Å². The first-order valence-corrected chi connectivity index (χ1v) is 11.2. The number of ether oxygens (including phenoxy) is 1. The molecule has 4 rings (SSSR count). The van der Waals surface area contributed by atoms with Gasteiger partial charge in [0.05, 0.1) is 30.8 Å². The van der Waals surface area contributed by atoms with Crippen LogP contribution in [-0.2, 0) is 23.8 Å². The van der Waals surface area contributed by atoms with E-state index in [0.717, 1.165) is 43.0 Å². The number of nitrogens with one attached hydrogen (secondary N) is 2. The second kappa shape index (κ2) is 10.6. The van der Waals surface area contributed by atoms with Gasteiger partial charge in [0.15, 0.2) is 0 Å². The van der Waals surface area contributed by atoms with Gasteiger partial charge in [-0.25, -0.2) is 9.97 Å². The summed E-state index contributed by atoms with van der Waals surface area (Å²) in [6, 6.07) is 11.1. The van der Waals surface area contributed by atoms with Crippen molar-refractivity contribution in [3.05, 3.63) is 77.1 Å². The number of hydrogen-bond acceptors (Lipinski definition) is 6. The van der Waals surface area contributed by atoms with Crippen LogP contribution in [0.5, 0.6) is 5.75 Å². The number of pyridine rings is 2. The fourth-order valence-electron chi connectivity index (χ4n) is 3.84. The Bertz CT molecular complexity index is 1150. The van der Waals surface area contributed by atoms with Gasteiger partial charge in [0, 0.05) is 18.7 Å². The molecule has 0 fully saturated rings. The van der Waals surface area contributed by atoms with Crippen LogP contribution in [0.1, 0.15) is 41.3 Å². The molecule has 184 valence electrons. The van der Waals surface area contributed by atoms with Crippen LogP contribution in [0, 0.1) is 0 Å². The molecule has 1 atom stereocenters. The van der Waals surface area contributed by atoms with Gasteiger partial charge in [-0.1, -0.05) is 18.2 Å². The van der Waals surface area contributed by atoms with E-state index in [9.17, 15) is 23.1 Å². The van der Waals surface area contributed by atoms with Crippen LogP contribution < -0.4 is 15.4 Å². The fraction of sp³-hybridized carbons (Fsp3) is 0.320. The van der Waals surface area contributed by atoms with Crippen molar-refractivity contribution in [2.24, 2.45) is 0 Å². The van der Waals surface area contributed by atoms with Crippen molar-refractivity contribution < 1.29 is 27.8 Å². The van der Waals surface area contributed by atoms with E-state index in [1.165, 1.54) is 23.9 Å². The standard InChI is InChI=1S/C25H25F3N4O3/c26-25(27,28)18-6-3-16(4-7-18)21(14-23(33)34)32-22-10-9-20(15-30-22)35-13-11-19-8-5-17-2-1-12-29-24(17)31-19/h3-10,15,21H,1-2,11-14H2,(H,29,31)(H,30,32)(H,33,34). The van der Waals surface area contributed by atoms with E-state index >= 15 is 0 Å². The zero-order chi connectivity index (χ0) is 24.8. The molecule has 0 aliphatic carbocycles. The molecule has 1 aliphatic rings. The Morgan fingerprint density at radius 3 is 2.63 bits per heavy atom. The Kier molecular flexibility index (Phi) is 7.38. The highest BCUT2D eigenvalue weighted by Gasteiger charge is 2.30. The van der Waals surface area contributed by atoms with Crippen molar-refractivity contribution in [3.8, 4) is 5.75 Å². The number of carboxylic acids is 1. The summed E-state index contributed by atoms with van der Waals surface area (Å²) >= 11 is 0. The first-order chi connectivity index (χ1) is 16.8. The number of alkyl halides is 3. The zero-order valence-electron chi connectivity index (χ0n) is 18.8. The molecule has 0 saturated carbocycles. The molecule has 35 heavy (non-hydrogen) atoms. The molecule has 0 spiro atoms. The van der Waals surface area contributed by atoms with E-state index in [-0.39, 0.29) is 6.42 Å². The minimum Gasteiger partial charge on any atom is -0.492 e. The molecule has 7 nitrogen and oxygen atoms in total. The number of benzene rings is 1. The molecule has 2 aromatic heterocycles. The molecular formula is C25H25F3N4O3. The summed E-state index contributed by atoms with van der Waals surface area (Å²) in [4.78, 5) is 20.2. The van der Waals surface area contributed by atoms with Crippen LogP contribution in [0.15, 0.2) is 54.7 Å². The van der Waals surface area contributed by atoms with Crippen molar-refractivity contribution in [3.63, 3.8) is 0 Å². The molecule has 1 aromatic carbocycles. The van der Waals surface area contributed by atoms with Crippen molar-refractivity contribution >= 4 is 17.6 Å². The largest absolute Gasteiger partial charge is 0.492 e. The lowest BCUT2D eigenvalue weighted by Crippen LogP contribution is -2.16. The number of aliphatic carboxylic acids is 1. The first-order valence-electron chi connectivity index (χ1n) is 11.2. The third-order valence-corrected chi connectivity index (χ3v) is 5.66. The van der Waals surface area contributed by atoms with Crippen molar-refractivity contribution in [2.75, 3.05) is 23.8 Å². The number of hydrogen-bond donors (Lipinski definition) is 3. The predicted octanol–water partition coefficient (Wildman–Crippen LogP) is 5.10. The van der Waals surface area contributed by atoms with Crippen LogP contribution in [0.4, 0.5) is 24.8 Å². The van der Waals surface area contributed by atoms with E-state index in [4.69, 9.17) is 4.74 Å². The molecule has 0 radical (unpaired) electrons. The van der Waals surface area contributed by atoms with E-state index in [0.29, 0.717) is 30.2 Å². The van der Waals surface area contributed by atoms with E-state index in [1.54, 1.807) is 12.1 Å². The molecule has 1 aliphatic heterocycles. The summed E-state index contributed by atoms with van der Waals surface area (Å²) in [5.41, 5.74) is 1.77. The number of nitrogens with zero attached hydrogens (tertiary/aromatic N) is 2. The van der Waals surface area contributed by atoms with Gasteiger partial charge in [-0.05, 0) is 54.3 Å². The molecule has 1 unspecified atom stereocenters. The van der Waals surface area contributed by atoms with Crippen molar-refractivity contribution in [1.82, 2.24) is 9.97 Å². The summed E-state index contributed by atoms with van der Waals surface area (Å²) < 4.78 is 44.2. The number of anilines is 2. The van der Waals surface area contributed by atoms with Crippen LogP contribution in [0.2, 0.25) is 0 Å². The number of halogens is 3.